The summed E-state index contributed by atoms with van der Waals surface area (Å²) in [6.45, 7) is 0.699. The highest BCUT2D eigenvalue weighted by molar-refractivity contribution is 5.71. The highest BCUT2D eigenvalue weighted by atomic mass is 16.1. The van der Waals surface area contributed by atoms with E-state index in [4.69, 9.17) is 0 Å². The van der Waals surface area contributed by atoms with Gasteiger partial charge in [-0.2, -0.15) is 5.10 Å². The van der Waals surface area contributed by atoms with Crippen LogP contribution in [-0.2, 0) is 13.6 Å². The zero-order chi connectivity index (χ0) is 13.2. The fourth-order valence-electron chi connectivity index (χ4n) is 2.60. The first kappa shape index (κ1) is 12.1. The van der Waals surface area contributed by atoms with Crippen LogP contribution in [0.4, 0.5) is 0 Å². The quantitative estimate of drug-likeness (QED) is 0.791. The van der Waals surface area contributed by atoms with Gasteiger partial charge in [0.05, 0.1) is 12.5 Å². The molecule has 3 rings (SSSR count). The van der Waals surface area contributed by atoms with Gasteiger partial charge in [-0.3, -0.25) is 14.0 Å². The van der Waals surface area contributed by atoms with Gasteiger partial charge in [-0.25, -0.2) is 4.98 Å². The van der Waals surface area contributed by atoms with E-state index in [1.807, 2.05) is 0 Å². The van der Waals surface area contributed by atoms with E-state index < -0.39 is 0 Å². The van der Waals surface area contributed by atoms with Crippen molar-refractivity contribution in [2.24, 2.45) is 7.05 Å². The molecule has 2 heterocycles. The van der Waals surface area contributed by atoms with Crippen LogP contribution >= 0.6 is 0 Å². The average Bonchev–Trinajstić information content (AvgIpc) is 2.81. The number of aromatic nitrogens is 4. The molecule has 5 heteroatoms. The van der Waals surface area contributed by atoms with Gasteiger partial charge in [0.2, 0.25) is 0 Å². The van der Waals surface area contributed by atoms with Crippen LogP contribution in [0.1, 0.15) is 32.1 Å². The highest BCUT2D eigenvalue weighted by Crippen LogP contribution is 2.20. The first-order valence-electron chi connectivity index (χ1n) is 6.81. The minimum atomic E-state index is -0.0398. The molecule has 100 valence electrons. The first-order chi connectivity index (χ1) is 9.24. The molecule has 0 spiro atoms. The Bertz CT molecular complexity index is 680. The Morgan fingerprint density at radius 1 is 1.37 bits per heavy atom. The summed E-state index contributed by atoms with van der Waals surface area (Å²) in [4.78, 5) is 16.5. The van der Waals surface area contributed by atoms with Crippen molar-refractivity contribution in [2.75, 3.05) is 0 Å². The molecule has 0 saturated carbocycles. The van der Waals surface area contributed by atoms with Gasteiger partial charge in [-0.05, 0) is 32.1 Å². The van der Waals surface area contributed by atoms with E-state index in [1.165, 1.54) is 31.3 Å². The number of aryl methyl sites for hydroxylation is 2. The Balaban J connectivity index is 1.83. The largest absolute Gasteiger partial charge is 0.297 e. The Kier molecular flexibility index (Phi) is 3.19. The lowest BCUT2D eigenvalue weighted by molar-refractivity contribution is 0.610. The minimum Gasteiger partial charge on any atom is -0.297 e. The molecule has 2 aromatic rings. The third-order valence-electron chi connectivity index (χ3n) is 3.67. The fraction of sp³-hybridized carbons (Fsp3) is 0.500. The Morgan fingerprint density at radius 3 is 3.05 bits per heavy atom. The Hall–Kier alpha value is -1.91. The number of hydrogen-bond donors (Lipinski definition) is 0. The summed E-state index contributed by atoms with van der Waals surface area (Å²) in [6.07, 6.45) is 11.6. The first-order valence-corrected chi connectivity index (χ1v) is 6.81. The minimum absolute atomic E-state index is 0.0398. The molecule has 19 heavy (non-hydrogen) atoms. The van der Waals surface area contributed by atoms with Crippen LogP contribution in [0, 0.1) is 0 Å². The third kappa shape index (κ3) is 2.45. The van der Waals surface area contributed by atoms with Crippen LogP contribution < -0.4 is 5.56 Å². The van der Waals surface area contributed by atoms with E-state index >= 15 is 0 Å². The third-order valence-corrected chi connectivity index (χ3v) is 3.67. The molecule has 0 amide bonds. The van der Waals surface area contributed by atoms with Crippen LogP contribution in [-0.4, -0.2) is 19.3 Å². The molecule has 0 unspecified atom stereocenters. The lowest BCUT2D eigenvalue weighted by Crippen LogP contribution is -2.21. The number of rotatable bonds is 3. The summed E-state index contributed by atoms with van der Waals surface area (Å²) in [5, 5.41) is 4.17. The number of hydrogen-bond acceptors (Lipinski definition) is 3. The second-order valence-electron chi connectivity index (χ2n) is 5.14. The maximum atomic E-state index is 12.2. The Morgan fingerprint density at radius 2 is 2.26 bits per heavy atom. The lowest BCUT2D eigenvalue weighted by Gasteiger charge is -2.13. The van der Waals surface area contributed by atoms with Gasteiger partial charge < -0.3 is 0 Å². The van der Waals surface area contributed by atoms with Gasteiger partial charge in [0.25, 0.3) is 5.56 Å². The number of allylic oxidation sites excluding steroid dienone is 2. The standard InChI is InChI=1S/C14H18N4O/c1-17-9-12-13(16-17)14(19)18(10-15-12)8-7-11-5-3-2-4-6-11/h5,9-10H,2-4,6-8H2,1H3. The molecule has 1 aliphatic carbocycles. The van der Waals surface area contributed by atoms with E-state index in [1.54, 1.807) is 28.8 Å². The van der Waals surface area contributed by atoms with Gasteiger partial charge in [-0.15, -0.1) is 0 Å². The molecule has 0 aliphatic heterocycles. The zero-order valence-corrected chi connectivity index (χ0v) is 11.2. The van der Waals surface area contributed by atoms with E-state index in [0.717, 1.165) is 6.42 Å². The zero-order valence-electron chi connectivity index (χ0n) is 11.2. The highest BCUT2D eigenvalue weighted by Gasteiger charge is 2.09. The van der Waals surface area contributed by atoms with Crippen LogP contribution in [0.15, 0.2) is 29.0 Å². The normalized spacial score (nSPS) is 15.7. The molecule has 0 atom stereocenters. The number of nitrogens with zero attached hydrogens (tertiary/aromatic N) is 4. The van der Waals surface area contributed by atoms with E-state index in [-0.39, 0.29) is 5.56 Å². The molecule has 0 aromatic carbocycles. The molecule has 5 nitrogen and oxygen atoms in total. The van der Waals surface area contributed by atoms with Crippen LogP contribution in [0.25, 0.3) is 11.0 Å². The van der Waals surface area contributed by atoms with Crippen molar-refractivity contribution in [3.63, 3.8) is 0 Å². The van der Waals surface area contributed by atoms with Crippen molar-refractivity contribution in [2.45, 2.75) is 38.6 Å². The molecule has 2 aromatic heterocycles. The second kappa shape index (κ2) is 4.99. The monoisotopic (exact) mass is 258 g/mol. The predicted octanol–water partition coefficient (Wildman–Crippen LogP) is 2.02. The van der Waals surface area contributed by atoms with E-state index in [9.17, 15) is 4.79 Å². The maximum Gasteiger partial charge on any atom is 0.281 e. The van der Waals surface area contributed by atoms with Gasteiger partial charge >= 0.3 is 0 Å². The average molecular weight is 258 g/mol. The van der Waals surface area contributed by atoms with Crippen LogP contribution in [0.5, 0.6) is 0 Å². The van der Waals surface area contributed by atoms with Gasteiger partial charge in [0, 0.05) is 13.6 Å². The molecule has 0 N–H and O–H groups in total. The van der Waals surface area contributed by atoms with E-state index in [0.29, 0.717) is 17.6 Å². The number of fused-ring (bicyclic) bond motifs is 1. The molecule has 1 aliphatic rings. The maximum absolute atomic E-state index is 12.2. The smallest absolute Gasteiger partial charge is 0.281 e. The van der Waals surface area contributed by atoms with Crippen molar-refractivity contribution >= 4 is 11.0 Å². The predicted molar refractivity (Wildman–Crippen MR) is 73.9 cm³/mol. The molecule has 0 fully saturated rings. The molecular weight excluding hydrogens is 240 g/mol. The second-order valence-corrected chi connectivity index (χ2v) is 5.14. The fourth-order valence-corrected chi connectivity index (χ4v) is 2.60. The summed E-state index contributed by atoms with van der Waals surface area (Å²) >= 11 is 0. The lowest BCUT2D eigenvalue weighted by atomic mass is 9.97. The molecule has 0 bridgehead atoms. The molecular formula is C14H18N4O. The van der Waals surface area contributed by atoms with Gasteiger partial charge in [-0.1, -0.05) is 11.6 Å². The van der Waals surface area contributed by atoms with Crippen molar-refractivity contribution in [1.82, 2.24) is 19.3 Å². The van der Waals surface area contributed by atoms with Crippen LogP contribution in [0.2, 0.25) is 0 Å². The summed E-state index contributed by atoms with van der Waals surface area (Å²) in [6, 6.07) is 0. The van der Waals surface area contributed by atoms with Crippen molar-refractivity contribution in [3.8, 4) is 0 Å². The Labute approximate surface area is 111 Å². The molecule has 0 radical (unpaired) electrons. The summed E-state index contributed by atoms with van der Waals surface area (Å²) in [5.74, 6) is 0. The SMILES string of the molecule is Cn1cc2ncn(CCC3=CCCCC3)c(=O)c2n1. The topological polar surface area (TPSA) is 52.7 Å². The summed E-state index contributed by atoms with van der Waals surface area (Å²) in [7, 11) is 1.80. The van der Waals surface area contributed by atoms with Crippen molar-refractivity contribution in [3.05, 3.63) is 34.5 Å². The summed E-state index contributed by atoms with van der Waals surface area (Å²) < 4.78 is 3.30. The van der Waals surface area contributed by atoms with E-state index in [2.05, 4.69) is 16.2 Å². The van der Waals surface area contributed by atoms with Gasteiger partial charge in [0.1, 0.15) is 5.52 Å². The molecule has 0 saturated heterocycles. The van der Waals surface area contributed by atoms with Crippen molar-refractivity contribution in [1.29, 1.82) is 0 Å². The van der Waals surface area contributed by atoms with Crippen LogP contribution in [0.3, 0.4) is 0 Å². The summed E-state index contributed by atoms with van der Waals surface area (Å²) in [5.41, 5.74) is 2.56. The van der Waals surface area contributed by atoms with Gasteiger partial charge in [0.15, 0.2) is 5.52 Å². The van der Waals surface area contributed by atoms with Crippen molar-refractivity contribution < 1.29 is 0 Å².